The normalized spacial score (nSPS) is 16.8. The van der Waals surface area contributed by atoms with E-state index in [0.717, 1.165) is 0 Å². The Bertz CT molecular complexity index is 973. The maximum atomic E-state index is 12.9. The molecule has 172 valence electrons. The van der Waals surface area contributed by atoms with Crippen LogP contribution in [0.3, 0.4) is 0 Å². The summed E-state index contributed by atoms with van der Waals surface area (Å²) in [5, 5.41) is 4.38. The Labute approximate surface area is 178 Å². The molecule has 2 aromatic rings. The fraction of sp³-hybridized carbons (Fsp3) is 0.300. The molecule has 0 saturated carbocycles. The number of amides is 3. The second-order valence-electron chi connectivity index (χ2n) is 7.00. The van der Waals surface area contributed by atoms with Gasteiger partial charge in [0, 0.05) is 24.3 Å². The Kier molecular flexibility index (Phi) is 6.24. The minimum atomic E-state index is -5.04. The second kappa shape index (κ2) is 8.60. The second-order valence-corrected chi connectivity index (χ2v) is 7.00. The van der Waals surface area contributed by atoms with Gasteiger partial charge in [-0.05, 0) is 42.5 Å². The first-order chi connectivity index (χ1) is 14.9. The molecule has 6 nitrogen and oxygen atoms in total. The predicted molar refractivity (Wildman–Crippen MR) is 102 cm³/mol. The van der Waals surface area contributed by atoms with E-state index in [1.54, 1.807) is 24.3 Å². The van der Waals surface area contributed by atoms with Crippen molar-refractivity contribution in [2.75, 3.05) is 23.9 Å². The van der Waals surface area contributed by atoms with Gasteiger partial charge in [0.25, 0.3) is 0 Å². The van der Waals surface area contributed by atoms with Crippen molar-refractivity contribution >= 4 is 23.3 Å². The monoisotopic (exact) mass is 461 g/mol. The molecule has 0 aromatic heterocycles. The van der Waals surface area contributed by atoms with Crippen LogP contribution in [0.15, 0.2) is 42.5 Å². The number of nitrogens with one attached hydrogen (secondary N) is 2. The van der Waals surface area contributed by atoms with Crippen molar-refractivity contribution in [1.29, 1.82) is 0 Å². The van der Waals surface area contributed by atoms with Crippen molar-refractivity contribution in [1.82, 2.24) is 5.32 Å². The summed E-state index contributed by atoms with van der Waals surface area (Å²) in [6.45, 7) is 0.0783. The standard InChI is InChI=1S/C20H17F6N3O3/c1-32-16-4-2-15(3-5-16)29-10-14(9-17(29)30)28-18(31)27-13-7-11(19(21,22)23)6-12(8-13)20(24,25)26/h2-8,14H,9-10H2,1H3,(H2,27,28,31). The van der Waals surface area contributed by atoms with Crippen LogP contribution >= 0.6 is 0 Å². The van der Waals surface area contributed by atoms with Crippen LogP contribution in [0.4, 0.5) is 42.5 Å². The van der Waals surface area contributed by atoms with Gasteiger partial charge in [-0.2, -0.15) is 26.3 Å². The first kappa shape index (κ1) is 23.2. The van der Waals surface area contributed by atoms with Gasteiger partial charge < -0.3 is 20.3 Å². The number of anilines is 2. The molecule has 1 saturated heterocycles. The highest BCUT2D eigenvalue weighted by molar-refractivity contribution is 5.97. The molecular weight excluding hydrogens is 444 g/mol. The first-order valence-electron chi connectivity index (χ1n) is 9.18. The van der Waals surface area contributed by atoms with Crippen LogP contribution in [-0.4, -0.2) is 31.6 Å². The third kappa shape index (κ3) is 5.42. The number of methoxy groups -OCH3 is 1. The number of urea groups is 1. The number of rotatable bonds is 4. The maximum absolute atomic E-state index is 12.9. The molecule has 12 heteroatoms. The highest BCUT2D eigenvalue weighted by Gasteiger charge is 2.37. The van der Waals surface area contributed by atoms with Crippen molar-refractivity contribution in [3.8, 4) is 5.75 Å². The Balaban J connectivity index is 1.70. The molecule has 2 aromatic carbocycles. The van der Waals surface area contributed by atoms with Gasteiger partial charge in [0.1, 0.15) is 5.75 Å². The lowest BCUT2D eigenvalue weighted by atomic mass is 10.1. The maximum Gasteiger partial charge on any atom is 0.416 e. The largest absolute Gasteiger partial charge is 0.497 e. The Morgan fingerprint density at radius 3 is 2.06 bits per heavy atom. The number of carbonyl (C=O) groups is 2. The summed E-state index contributed by atoms with van der Waals surface area (Å²) in [6, 6.07) is 5.59. The lowest BCUT2D eigenvalue weighted by molar-refractivity contribution is -0.143. The van der Waals surface area contributed by atoms with E-state index in [2.05, 4.69) is 5.32 Å². The first-order valence-corrected chi connectivity index (χ1v) is 9.18. The number of carbonyl (C=O) groups excluding carboxylic acids is 2. The van der Waals surface area contributed by atoms with Crippen molar-refractivity contribution in [3.05, 3.63) is 53.6 Å². The Morgan fingerprint density at radius 1 is 1.00 bits per heavy atom. The van der Waals surface area contributed by atoms with Gasteiger partial charge >= 0.3 is 18.4 Å². The van der Waals surface area contributed by atoms with Gasteiger partial charge in [0.15, 0.2) is 0 Å². The molecule has 0 spiro atoms. The molecule has 32 heavy (non-hydrogen) atoms. The molecule has 0 bridgehead atoms. The highest BCUT2D eigenvalue weighted by atomic mass is 19.4. The van der Waals surface area contributed by atoms with E-state index in [1.165, 1.54) is 12.0 Å². The van der Waals surface area contributed by atoms with Gasteiger partial charge in [-0.15, -0.1) is 0 Å². The van der Waals surface area contributed by atoms with Crippen LogP contribution in [0.2, 0.25) is 0 Å². The third-order valence-electron chi connectivity index (χ3n) is 4.69. The molecule has 0 radical (unpaired) electrons. The van der Waals surface area contributed by atoms with Crippen LogP contribution in [0.5, 0.6) is 5.75 Å². The van der Waals surface area contributed by atoms with Gasteiger partial charge in [-0.3, -0.25) is 4.79 Å². The van der Waals surface area contributed by atoms with Gasteiger partial charge in [-0.25, -0.2) is 4.79 Å². The van der Waals surface area contributed by atoms with Crippen LogP contribution in [0.25, 0.3) is 0 Å². The van der Waals surface area contributed by atoms with Crippen LogP contribution < -0.4 is 20.3 Å². The summed E-state index contributed by atoms with van der Waals surface area (Å²) in [5.41, 5.74) is -3.23. The lowest BCUT2D eigenvalue weighted by Crippen LogP contribution is -2.39. The van der Waals surface area contributed by atoms with E-state index in [0.29, 0.717) is 23.6 Å². The van der Waals surface area contributed by atoms with Crippen LogP contribution in [-0.2, 0) is 17.1 Å². The van der Waals surface area contributed by atoms with Crippen LogP contribution in [0, 0.1) is 0 Å². The Hall–Kier alpha value is -3.44. The summed E-state index contributed by atoms with van der Waals surface area (Å²) in [4.78, 5) is 25.9. The number of ether oxygens (including phenoxy) is 1. The summed E-state index contributed by atoms with van der Waals surface area (Å²) in [7, 11) is 1.48. The van der Waals surface area contributed by atoms with Crippen molar-refractivity contribution in [2.45, 2.75) is 24.8 Å². The van der Waals surface area contributed by atoms with Crippen molar-refractivity contribution < 1.29 is 40.7 Å². The summed E-state index contributed by atoms with van der Waals surface area (Å²) < 4.78 is 82.7. The Morgan fingerprint density at radius 2 is 1.56 bits per heavy atom. The van der Waals surface area contributed by atoms with E-state index >= 15 is 0 Å². The van der Waals surface area contributed by atoms with Crippen molar-refractivity contribution in [3.63, 3.8) is 0 Å². The molecule has 1 fully saturated rings. The molecule has 3 rings (SSSR count). The van der Waals surface area contributed by atoms with Gasteiger partial charge in [0.05, 0.1) is 24.3 Å². The molecule has 3 amide bonds. The summed E-state index contributed by atoms with van der Waals surface area (Å²) >= 11 is 0. The number of alkyl halides is 6. The fourth-order valence-electron chi connectivity index (χ4n) is 3.20. The molecule has 1 unspecified atom stereocenters. The molecule has 1 atom stereocenters. The smallest absolute Gasteiger partial charge is 0.416 e. The number of benzene rings is 2. The average molecular weight is 461 g/mol. The number of nitrogens with zero attached hydrogens (tertiary/aromatic N) is 1. The molecule has 1 heterocycles. The van der Waals surface area contributed by atoms with Gasteiger partial charge in [-0.1, -0.05) is 0 Å². The summed E-state index contributed by atoms with van der Waals surface area (Å²) in [5.74, 6) is 0.271. The molecular formula is C20H17F6N3O3. The SMILES string of the molecule is COc1ccc(N2CC(NC(=O)Nc3cc(C(F)(F)F)cc(C(F)(F)F)c3)CC2=O)cc1. The average Bonchev–Trinajstić information content (AvgIpc) is 3.06. The molecule has 0 aliphatic carbocycles. The van der Waals surface area contributed by atoms with E-state index in [-0.39, 0.29) is 24.9 Å². The number of hydrogen-bond donors (Lipinski definition) is 2. The topological polar surface area (TPSA) is 70.7 Å². The zero-order valence-corrected chi connectivity index (χ0v) is 16.5. The highest BCUT2D eigenvalue weighted by Crippen LogP contribution is 2.37. The lowest BCUT2D eigenvalue weighted by Gasteiger charge is -2.18. The van der Waals surface area contributed by atoms with Crippen LogP contribution in [0.1, 0.15) is 17.5 Å². The molecule has 1 aliphatic rings. The van der Waals surface area contributed by atoms with E-state index in [9.17, 15) is 35.9 Å². The minimum Gasteiger partial charge on any atom is -0.497 e. The number of halogens is 6. The third-order valence-corrected chi connectivity index (χ3v) is 4.69. The predicted octanol–water partition coefficient (Wildman–Crippen LogP) is 4.66. The molecule has 1 aliphatic heterocycles. The quantitative estimate of drug-likeness (QED) is 0.651. The number of hydrogen-bond acceptors (Lipinski definition) is 3. The fourth-order valence-corrected chi connectivity index (χ4v) is 3.20. The minimum absolute atomic E-state index is 0.0363. The summed E-state index contributed by atoms with van der Waals surface area (Å²) in [6.07, 6.45) is -10.2. The van der Waals surface area contributed by atoms with E-state index in [4.69, 9.17) is 4.74 Å². The zero-order valence-electron chi connectivity index (χ0n) is 16.5. The zero-order chi connectivity index (χ0) is 23.7. The van der Waals surface area contributed by atoms with Crippen molar-refractivity contribution in [2.24, 2.45) is 0 Å². The van der Waals surface area contributed by atoms with E-state index in [1.807, 2.05) is 5.32 Å². The van der Waals surface area contributed by atoms with E-state index < -0.39 is 41.2 Å². The molecule has 2 N–H and O–H groups in total. The van der Waals surface area contributed by atoms with Gasteiger partial charge in [0.2, 0.25) is 5.91 Å².